The fourth-order valence-corrected chi connectivity index (χ4v) is 3.23. The summed E-state index contributed by atoms with van der Waals surface area (Å²) < 4.78 is 1.64. The standard InChI is InChI=1S/C18H19N3O4/c1-18(2)12(13(18)17(24)25)16(23)20-11-6-4-10(5-7-11)14(22)15-19-8-9-21(15)3/h4-9,12-13H,1-3H3,(H,20,23)(H,24,25)/t12-,13+/m0/s1. The molecule has 1 saturated carbocycles. The van der Waals surface area contributed by atoms with E-state index in [0.717, 1.165) is 0 Å². The van der Waals surface area contributed by atoms with E-state index in [2.05, 4.69) is 10.3 Å². The van der Waals surface area contributed by atoms with Crippen LogP contribution in [-0.4, -0.2) is 32.3 Å². The zero-order valence-electron chi connectivity index (χ0n) is 14.2. The maximum Gasteiger partial charge on any atom is 0.307 e. The van der Waals surface area contributed by atoms with Gasteiger partial charge in [0, 0.05) is 30.7 Å². The molecule has 7 nitrogen and oxygen atoms in total. The third-order valence-electron chi connectivity index (χ3n) is 4.81. The first-order valence-corrected chi connectivity index (χ1v) is 7.89. The van der Waals surface area contributed by atoms with E-state index in [0.29, 0.717) is 17.1 Å². The summed E-state index contributed by atoms with van der Waals surface area (Å²) in [5, 5.41) is 11.9. The minimum Gasteiger partial charge on any atom is -0.481 e. The van der Waals surface area contributed by atoms with Crippen LogP contribution in [0.25, 0.3) is 0 Å². The first-order valence-electron chi connectivity index (χ1n) is 7.89. The number of aromatic nitrogens is 2. The minimum absolute atomic E-state index is 0.209. The van der Waals surface area contributed by atoms with Gasteiger partial charge in [0.25, 0.3) is 0 Å². The molecule has 1 aliphatic rings. The van der Waals surface area contributed by atoms with Crippen molar-refractivity contribution < 1.29 is 19.5 Å². The SMILES string of the molecule is Cn1ccnc1C(=O)c1ccc(NC(=O)[C@@H]2[C@H](C(=O)O)C2(C)C)cc1. The number of carbonyl (C=O) groups excluding carboxylic acids is 2. The topological polar surface area (TPSA) is 101 Å². The summed E-state index contributed by atoms with van der Waals surface area (Å²) in [7, 11) is 1.74. The highest BCUT2D eigenvalue weighted by Crippen LogP contribution is 2.58. The Morgan fingerprint density at radius 1 is 1.16 bits per heavy atom. The van der Waals surface area contributed by atoms with Crippen LogP contribution >= 0.6 is 0 Å². The Labute approximate surface area is 144 Å². The van der Waals surface area contributed by atoms with E-state index in [-0.39, 0.29) is 11.7 Å². The molecule has 2 aromatic rings. The summed E-state index contributed by atoms with van der Waals surface area (Å²) in [5.74, 6) is -2.38. The number of imidazole rings is 1. The van der Waals surface area contributed by atoms with E-state index >= 15 is 0 Å². The van der Waals surface area contributed by atoms with E-state index in [1.165, 1.54) is 0 Å². The van der Waals surface area contributed by atoms with Gasteiger partial charge in [0.1, 0.15) is 0 Å². The van der Waals surface area contributed by atoms with Gasteiger partial charge in [-0.25, -0.2) is 4.98 Å². The number of amides is 1. The number of benzene rings is 1. The molecule has 3 rings (SSSR count). The van der Waals surface area contributed by atoms with Crippen molar-refractivity contribution in [1.82, 2.24) is 9.55 Å². The van der Waals surface area contributed by atoms with Crippen molar-refractivity contribution in [1.29, 1.82) is 0 Å². The molecule has 1 aromatic carbocycles. The minimum atomic E-state index is -0.957. The molecule has 1 aliphatic carbocycles. The van der Waals surface area contributed by atoms with Crippen molar-refractivity contribution in [3.63, 3.8) is 0 Å². The van der Waals surface area contributed by atoms with E-state index in [1.807, 2.05) is 0 Å². The summed E-state index contributed by atoms with van der Waals surface area (Å²) in [6.45, 7) is 3.54. The molecule has 2 atom stereocenters. The maximum absolute atomic E-state index is 12.3. The maximum atomic E-state index is 12.3. The summed E-state index contributed by atoms with van der Waals surface area (Å²) >= 11 is 0. The molecule has 0 bridgehead atoms. The van der Waals surface area contributed by atoms with Crippen LogP contribution in [0.3, 0.4) is 0 Å². The van der Waals surface area contributed by atoms with Gasteiger partial charge in [0.15, 0.2) is 5.82 Å². The van der Waals surface area contributed by atoms with Crippen molar-refractivity contribution in [3.8, 4) is 0 Å². The lowest BCUT2D eigenvalue weighted by atomic mass is 10.1. The fraction of sp³-hybridized carbons (Fsp3) is 0.333. The lowest BCUT2D eigenvalue weighted by Crippen LogP contribution is -2.17. The molecular formula is C18H19N3O4. The van der Waals surface area contributed by atoms with E-state index in [9.17, 15) is 14.4 Å². The van der Waals surface area contributed by atoms with Crippen molar-refractivity contribution in [2.75, 3.05) is 5.32 Å². The summed E-state index contributed by atoms with van der Waals surface area (Å²) in [5.41, 5.74) is 0.431. The van der Waals surface area contributed by atoms with Crippen molar-refractivity contribution in [2.45, 2.75) is 13.8 Å². The van der Waals surface area contributed by atoms with Crippen LogP contribution in [0.2, 0.25) is 0 Å². The number of carbonyl (C=O) groups is 3. The van der Waals surface area contributed by atoms with E-state index in [1.54, 1.807) is 62.1 Å². The normalized spacial score (nSPS) is 20.8. The molecule has 2 N–H and O–H groups in total. The van der Waals surface area contributed by atoms with Crippen molar-refractivity contribution in [3.05, 3.63) is 48.0 Å². The largest absolute Gasteiger partial charge is 0.481 e. The van der Waals surface area contributed by atoms with Gasteiger partial charge in [-0.1, -0.05) is 13.8 Å². The average molecular weight is 341 g/mol. The second-order valence-corrected chi connectivity index (χ2v) is 6.87. The van der Waals surface area contributed by atoms with Crippen LogP contribution in [0.4, 0.5) is 5.69 Å². The Morgan fingerprint density at radius 3 is 2.28 bits per heavy atom. The predicted molar refractivity (Wildman–Crippen MR) is 90.1 cm³/mol. The van der Waals surface area contributed by atoms with Gasteiger partial charge in [0.05, 0.1) is 11.8 Å². The smallest absolute Gasteiger partial charge is 0.307 e. The average Bonchev–Trinajstić information content (AvgIpc) is 2.90. The monoisotopic (exact) mass is 341 g/mol. The first-order chi connectivity index (χ1) is 11.7. The molecule has 25 heavy (non-hydrogen) atoms. The number of nitrogens with one attached hydrogen (secondary N) is 1. The molecule has 1 amide bonds. The second kappa shape index (κ2) is 5.84. The summed E-state index contributed by atoms with van der Waals surface area (Å²) in [6, 6.07) is 6.47. The van der Waals surface area contributed by atoms with Crippen LogP contribution < -0.4 is 5.32 Å². The Bertz CT molecular complexity index is 851. The molecule has 0 saturated heterocycles. The molecule has 1 aromatic heterocycles. The highest BCUT2D eigenvalue weighted by molar-refractivity contribution is 6.07. The lowest BCUT2D eigenvalue weighted by molar-refractivity contribution is -0.140. The van der Waals surface area contributed by atoms with Gasteiger partial charge in [-0.3, -0.25) is 14.4 Å². The lowest BCUT2D eigenvalue weighted by Gasteiger charge is -2.07. The number of hydrogen-bond donors (Lipinski definition) is 2. The zero-order chi connectivity index (χ0) is 18.4. The Morgan fingerprint density at radius 2 is 1.80 bits per heavy atom. The van der Waals surface area contributed by atoms with Crippen LogP contribution in [-0.2, 0) is 16.6 Å². The third kappa shape index (κ3) is 2.93. The molecule has 0 radical (unpaired) electrons. The van der Waals surface area contributed by atoms with Gasteiger partial charge < -0.3 is 15.0 Å². The number of ketones is 1. The first kappa shape index (κ1) is 16.9. The number of anilines is 1. The van der Waals surface area contributed by atoms with Crippen LogP contribution in [0.15, 0.2) is 36.7 Å². The summed E-state index contributed by atoms with van der Waals surface area (Å²) in [6.07, 6.45) is 3.25. The molecule has 0 spiro atoms. The number of aliphatic carboxylic acids is 1. The van der Waals surface area contributed by atoms with Crippen LogP contribution in [0, 0.1) is 17.3 Å². The Balaban J connectivity index is 1.70. The molecule has 1 fully saturated rings. The van der Waals surface area contributed by atoms with Gasteiger partial charge in [-0.15, -0.1) is 0 Å². The number of aryl methyl sites for hydroxylation is 1. The molecule has 130 valence electrons. The predicted octanol–water partition coefficient (Wildman–Crippen LogP) is 1.95. The van der Waals surface area contributed by atoms with Crippen molar-refractivity contribution in [2.24, 2.45) is 24.3 Å². The van der Waals surface area contributed by atoms with Gasteiger partial charge in [-0.05, 0) is 29.7 Å². The number of hydrogen-bond acceptors (Lipinski definition) is 4. The fourth-order valence-electron chi connectivity index (χ4n) is 3.23. The number of carboxylic acids is 1. The highest BCUT2D eigenvalue weighted by atomic mass is 16.4. The van der Waals surface area contributed by atoms with Crippen LogP contribution in [0.5, 0.6) is 0 Å². The van der Waals surface area contributed by atoms with Gasteiger partial charge >= 0.3 is 5.97 Å². The van der Waals surface area contributed by atoms with E-state index in [4.69, 9.17) is 5.11 Å². The molecule has 0 unspecified atom stereocenters. The third-order valence-corrected chi connectivity index (χ3v) is 4.81. The molecule has 1 heterocycles. The number of carboxylic acid groups (broad SMARTS) is 1. The van der Waals surface area contributed by atoms with Crippen molar-refractivity contribution >= 4 is 23.3 Å². The Kier molecular flexibility index (Phi) is 3.94. The molecule has 7 heteroatoms. The van der Waals surface area contributed by atoms with Crippen LogP contribution in [0.1, 0.15) is 30.0 Å². The summed E-state index contributed by atoms with van der Waals surface area (Å²) in [4.78, 5) is 39.8. The number of nitrogens with zero attached hydrogens (tertiary/aromatic N) is 2. The molecular weight excluding hydrogens is 322 g/mol. The van der Waals surface area contributed by atoms with Gasteiger partial charge in [-0.2, -0.15) is 0 Å². The number of rotatable bonds is 5. The Hall–Kier alpha value is -2.96. The van der Waals surface area contributed by atoms with Gasteiger partial charge in [0.2, 0.25) is 11.7 Å². The zero-order valence-corrected chi connectivity index (χ0v) is 14.2. The molecule has 0 aliphatic heterocycles. The van der Waals surface area contributed by atoms with E-state index < -0.39 is 23.2 Å². The second-order valence-electron chi connectivity index (χ2n) is 6.87. The quantitative estimate of drug-likeness (QED) is 0.810. The highest BCUT2D eigenvalue weighted by Gasteiger charge is 2.65.